The summed E-state index contributed by atoms with van der Waals surface area (Å²) in [5.41, 5.74) is 0.804. The number of aryl methyl sites for hydroxylation is 1. The third-order valence-electron chi connectivity index (χ3n) is 6.92. The normalized spacial score (nSPS) is 24.9. The molecule has 1 saturated heterocycles. The first-order valence-corrected chi connectivity index (χ1v) is 11.0. The summed E-state index contributed by atoms with van der Waals surface area (Å²) in [5, 5.41) is 0.686. The molecule has 3 fully saturated rings. The van der Waals surface area contributed by atoms with E-state index in [1.807, 2.05) is 28.8 Å². The zero-order valence-corrected chi connectivity index (χ0v) is 16.5. The van der Waals surface area contributed by atoms with Crippen molar-refractivity contribution in [1.82, 2.24) is 14.5 Å². The Labute approximate surface area is 165 Å². The van der Waals surface area contributed by atoms with E-state index in [1.165, 1.54) is 25.7 Å². The molecule has 5 rings (SSSR count). The molecule has 0 radical (unpaired) electrons. The van der Waals surface area contributed by atoms with Crippen LogP contribution in [0.2, 0.25) is 0 Å². The zero-order chi connectivity index (χ0) is 19.1. The summed E-state index contributed by atoms with van der Waals surface area (Å²) in [6, 6.07) is 8.29. The van der Waals surface area contributed by atoms with Crippen molar-refractivity contribution in [2.24, 2.45) is 5.92 Å². The van der Waals surface area contributed by atoms with Crippen molar-refractivity contribution in [2.45, 2.75) is 76.3 Å². The molecule has 1 aromatic heterocycles. The minimum atomic E-state index is 0.0564. The van der Waals surface area contributed by atoms with Crippen LogP contribution < -0.4 is 5.56 Å². The number of para-hydroxylation sites is 1. The molecular weight excluding hydrogens is 350 g/mol. The van der Waals surface area contributed by atoms with Crippen molar-refractivity contribution in [3.8, 4) is 0 Å². The van der Waals surface area contributed by atoms with Crippen molar-refractivity contribution in [2.75, 3.05) is 6.54 Å². The van der Waals surface area contributed by atoms with Gasteiger partial charge in [0.1, 0.15) is 5.82 Å². The Morgan fingerprint density at radius 1 is 1.04 bits per heavy atom. The highest BCUT2D eigenvalue weighted by atomic mass is 16.2. The van der Waals surface area contributed by atoms with Gasteiger partial charge in [-0.2, -0.15) is 0 Å². The maximum Gasteiger partial charge on any atom is 0.261 e. The van der Waals surface area contributed by atoms with Crippen molar-refractivity contribution >= 4 is 16.8 Å². The molecule has 2 aromatic rings. The largest absolute Gasteiger partial charge is 0.339 e. The van der Waals surface area contributed by atoms with Gasteiger partial charge < -0.3 is 4.90 Å². The molecule has 0 bridgehead atoms. The molecule has 0 N–H and O–H groups in total. The lowest BCUT2D eigenvalue weighted by atomic mass is 9.78. The van der Waals surface area contributed by atoms with Crippen LogP contribution in [0.4, 0.5) is 0 Å². The maximum atomic E-state index is 13.1. The first-order valence-electron chi connectivity index (χ1n) is 11.0. The summed E-state index contributed by atoms with van der Waals surface area (Å²) in [6.45, 7) is 0.903. The second kappa shape index (κ2) is 7.34. The molecule has 3 aliphatic rings. The maximum absolute atomic E-state index is 13.1. The first kappa shape index (κ1) is 17.9. The lowest BCUT2D eigenvalue weighted by molar-refractivity contribution is -0.137. The highest BCUT2D eigenvalue weighted by molar-refractivity contribution is 5.78. The second-order valence-electron chi connectivity index (χ2n) is 8.79. The van der Waals surface area contributed by atoms with Gasteiger partial charge in [-0.3, -0.25) is 14.2 Å². The Morgan fingerprint density at radius 3 is 2.68 bits per heavy atom. The molecule has 2 heterocycles. The van der Waals surface area contributed by atoms with Crippen LogP contribution in [0.15, 0.2) is 29.1 Å². The standard InChI is InChI=1S/C23H29N3O2/c27-22(25-15-5-7-16-6-1-4-10-20(16)25)14-13-21-24-19-9-3-2-8-18(19)23(28)26(21)17-11-12-17/h2-3,8-9,16-17,20H,1,4-7,10-15H2. The number of benzene rings is 1. The predicted molar refractivity (Wildman–Crippen MR) is 109 cm³/mol. The fourth-order valence-corrected chi connectivity index (χ4v) is 5.37. The number of piperidine rings is 1. The number of hydrogen-bond acceptors (Lipinski definition) is 3. The molecule has 148 valence electrons. The van der Waals surface area contributed by atoms with E-state index in [2.05, 4.69) is 4.90 Å². The Bertz CT molecular complexity index is 945. The van der Waals surface area contributed by atoms with E-state index in [1.54, 1.807) is 0 Å². The Morgan fingerprint density at radius 2 is 1.82 bits per heavy atom. The number of carbonyl (C=O) groups excluding carboxylic acids is 1. The Balaban J connectivity index is 1.37. The van der Waals surface area contributed by atoms with Gasteiger partial charge in [0.05, 0.1) is 10.9 Å². The SMILES string of the molecule is O=C(CCc1nc2ccccc2c(=O)n1C1CC1)N1CCCC2CCCCC21. The van der Waals surface area contributed by atoms with Crippen molar-refractivity contribution in [1.29, 1.82) is 0 Å². The molecule has 2 saturated carbocycles. The summed E-state index contributed by atoms with van der Waals surface area (Å²) in [5.74, 6) is 1.74. The molecular formula is C23H29N3O2. The van der Waals surface area contributed by atoms with Gasteiger partial charge in [-0.15, -0.1) is 0 Å². The van der Waals surface area contributed by atoms with Gasteiger partial charge in [0.25, 0.3) is 5.56 Å². The molecule has 28 heavy (non-hydrogen) atoms. The van der Waals surface area contributed by atoms with E-state index in [9.17, 15) is 9.59 Å². The summed E-state index contributed by atoms with van der Waals surface area (Å²) in [7, 11) is 0. The van der Waals surface area contributed by atoms with Crippen LogP contribution in [0, 0.1) is 5.92 Å². The van der Waals surface area contributed by atoms with Gasteiger partial charge in [-0.25, -0.2) is 4.98 Å². The molecule has 1 amide bonds. The summed E-state index contributed by atoms with van der Waals surface area (Å²) >= 11 is 0. The fraction of sp³-hybridized carbons (Fsp3) is 0.609. The van der Waals surface area contributed by atoms with Gasteiger partial charge in [0.2, 0.25) is 5.91 Å². The Kier molecular flexibility index (Phi) is 4.69. The second-order valence-corrected chi connectivity index (χ2v) is 8.79. The van der Waals surface area contributed by atoms with E-state index in [0.29, 0.717) is 30.2 Å². The molecule has 1 aliphatic heterocycles. The highest BCUT2D eigenvalue weighted by Crippen LogP contribution is 2.36. The molecule has 1 aromatic carbocycles. The fourth-order valence-electron chi connectivity index (χ4n) is 5.37. The number of fused-ring (bicyclic) bond motifs is 2. The van der Waals surface area contributed by atoms with Crippen LogP contribution in [0.5, 0.6) is 0 Å². The minimum Gasteiger partial charge on any atom is -0.339 e. The predicted octanol–water partition coefficient (Wildman–Crippen LogP) is 3.85. The lowest BCUT2D eigenvalue weighted by Gasteiger charge is -2.44. The third kappa shape index (κ3) is 3.25. The highest BCUT2D eigenvalue weighted by Gasteiger charge is 2.35. The van der Waals surface area contributed by atoms with Crippen molar-refractivity contribution in [3.05, 3.63) is 40.4 Å². The van der Waals surface area contributed by atoms with E-state index < -0.39 is 0 Å². The van der Waals surface area contributed by atoms with E-state index in [4.69, 9.17) is 4.98 Å². The van der Waals surface area contributed by atoms with Crippen LogP contribution in [0.25, 0.3) is 10.9 Å². The average Bonchev–Trinajstić information content (AvgIpc) is 3.56. The monoisotopic (exact) mass is 379 g/mol. The van der Waals surface area contributed by atoms with E-state index in [0.717, 1.165) is 43.6 Å². The quantitative estimate of drug-likeness (QED) is 0.811. The Hall–Kier alpha value is -2.17. The van der Waals surface area contributed by atoms with E-state index in [-0.39, 0.29) is 17.5 Å². The number of hydrogen-bond donors (Lipinski definition) is 0. The van der Waals surface area contributed by atoms with Gasteiger partial charge >= 0.3 is 0 Å². The summed E-state index contributed by atoms with van der Waals surface area (Å²) in [6.07, 6.45) is 10.5. The van der Waals surface area contributed by atoms with E-state index >= 15 is 0 Å². The topological polar surface area (TPSA) is 55.2 Å². The number of rotatable bonds is 4. The summed E-state index contributed by atoms with van der Waals surface area (Å²) < 4.78 is 1.87. The average molecular weight is 380 g/mol. The molecule has 2 atom stereocenters. The molecule has 5 heteroatoms. The smallest absolute Gasteiger partial charge is 0.261 e. The number of nitrogens with zero attached hydrogens (tertiary/aromatic N) is 3. The van der Waals surface area contributed by atoms with Crippen LogP contribution >= 0.6 is 0 Å². The van der Waals surface area contributed by atoms with Crippen LogP contribution in [-0.2, 0) is 11.2 Å². The first-order chi connectivity index (χ1) is 13.7. The minimum absolute atomic E-state index is 0.0564. The van der Waals surface area contributed by atoms with Gasteiger partial charge in [-0.05, 0) is 56.6 Å². The van der Waals surface area contributed by atoms with Gasteiger partial charge in [0, 0.05) is 31.5 Å². The molecule has 0 spiro atoms. The van der Waals surface area contributed by atoms with Crippen LogP contribution in [0.1, 0.15) is 69.7 Å². The van der Waals surface area contributed by atoms with Crippen LogP contribution in [0.3, 0.4) is 0 Å². The lowest BCUT2D eigenvalue weighted by Crippen LogP contribution is -2.49. The zero-order valence-electron chi connectivity index (χ0n) is 16.5. The van der Waals surface area contributed by atoms with Gasteiger partial charge in [0.15, 0.2) is 0 Å². The molecule has 5 nitrogen and oxygen atoms in total. The number of likely N-dealkylation sites (tertiary alicyclic amines) is 1. The third-order valence-corrected chi connectivity index (χ3v) is 6.92. The number of aromatic nitrogens is 2. The molecule has 2 unspecified atom stereocenters. The number of amides is 1. The number of carbonyl (C=O) groups is 1. The van der Waals surface area contributed by atoms with Gasteiger partial charge in [-0.1, -0.05) is 25.0 Å². The van der Waals surface area contributed by atoms with Crippen LogP contribution in [-0.4, -0.2) is 32.9 Å². The summed E-state index contributed by atoms with van der Waals surface area (Å²) in [4.78, 5) is 33.0. The molecule has 2 aliphatic carbocycles. The van der Waals surface area contributed by atoms with Crippen molar-refractivity contribution in [3.63, 3.8) is 0 Å². The van der Waals surface area contributed by atoms with Crippen molar-refractivity contribution < 1.29 is 4.79 Å².